The smallest absolute Gasteiger partial charge is 0.0592 e. The standard InChI is InChI=1S/Cl2NS/c1-4(2)3/q-1. The monoisotopic (exact) mass is 116 g/mol. The SMILES string of the molecule is [N-]=S(Cl)Cl. The number of nitrogens with zero attached hydrogens (tertiary/aromatic N) is 1. The van der Waals surface area contributed by atoms with Gasteiger partial charge in [-0.05, 0) is 0 Å². The minimum Gasteiger partial charge on any atom is -0.753 e. The molecule has 0 aliphatic carbocycles. The molecule has 0 N–H and O–H groups in total. The molecule has 0 amide bonds. The van der Waals surface area contributed by atoms with Gasteiger partial charge in [0.1, 0.15) is 0 Å². The maximum Gasteiger partial charge on any atom is -0.0592 e. The molecule has 0 radical (unpaired) electrons. The summed E-state index contributed by atoms with van der Waals surface area (Å²) in [6.45, 7) is 0. The number of halogens is 2. The molecule has 4 heavy (non-hydrogen) atoms. The topological polar surface area (TPSA) is 22.3 Å². The van der Waals surface area contributed by atoms with Crippen LogP contribution in [0.25, 0.3) is 4.78 Å². The van der Waals surface area contributed by atoms with Crippen molar-refractivity contribution >= 4 is 30.5 Å². The summed E-state index contributed by atoms with van der Waals surface area (Å²) in [4.78, 5) is 0. The second-order valence-corrected chi connectivity index (χ2v) is 2.82. The van der Waals surface area contributed by atoms with Crippen molar-refractivity contribution in [3.05, 3.63) is 4.78 Å². The van der Waals surface area contributed by atoms with Crippen molar-refractivity contribution in [3.63, 3.8) is 0 Å². The molecule has 0 heterocycles. The third kappa shape index (κ3) is 15.3. The molecular weight excluding hydrogens is 117 g/mol. The lowest BCUT2D eigenvalue weighted by molar-refractivity contribution is 3.21. The van der Waals surface area contributed by atoms with Gasteiger partial charge < -0.3 is 4.78 Å². The predicted molar refractivity (Wildman–Crippen MR) is 22.4 cm³/mol. The zero-order chi connectivity index (χ0) is 3.58. The van der Waals surface area contributed by atoms with E-state index in [1.54, 1.807) is 0 Å². The van der Waals surface area contributed by atoms with Gasteiger partial charge in [-0.1, -0.05) is 21.4 Å². The Hall–Kier alpha value is 0.730. The number of hydrogen-bond acceptors (Lipinski definition) is 0. The number of rotatable bonds is 0. The Bertz CT molecular complexity index is 29.0. The third-order valence-corrected chi connectivity index (χ3v) is 0. The zero-order valence-corrected chi connectivity index (χ0v) is 3.94. The number of hydrogen-bond donors (Lipinski definition) is 0. The van der Waals surface area contributed by atoms with E-state index in [-0.39, 0.29) is 0 Å². The molecule has 0 spiro atoms. The van der Waals surface area contributed by atoms with Crippen LogP contribution < -0.4 is 0 Å². The Balaban J connectivity index is 2.80. The van der Waals surface area contributed by atoms with E-state index in [9.17, 15) is 0 Å². The molecule has 4 heteroatoms. The van der Waals surface area contributed by atoms with Crippen LogP contribution >= 0.6 is 21.4 Å². The van der Waals surface area contributed by atoms with Crippen LogP contribution in [0.3, 0.4) is 0 Å². The van der Waals surface area contributed by atoms with Gasteiger partial charge in [-0.2, -0.15) is 0 Å². The minimum absolute atomic E-state index is 1.42. The molecule has 0 aromatic rings. The Morgan fingerprint density at radius 2 is 1.50 bits per heavy atom. The van der Waals surface area contributed by atoms with Gasteiger partial charge in [0, 0.05) is 0 Å². The summed E-state index contributed by atoms with van der Waals surface area (Å²) in [5.41, 5.74) is 0. The molecule has 0 aromatic heterocycles. The summed E-state index contributed by atoms with van der Waals surface area (Å²) in [7, 11) is 7.83. The van der Waals surface area contributed by atoms with Gasteiger partial charge in [0.25, 0.3) is 0 Å². The lowest BCUT2D eigenvalue weighted by Gasteiger charge is -1.78. The van der Waals surface area contributed by atoms with Crippen LogP contribution in [-0.4, -0.2) is 0 Å². The van der Waals surface area contributed by atoms with Crippen molar-refractivity contribution in [1.82, 2.24) is 0 Å². The summed E-state index contributed by atoms with van der Waals surface area (Å²) >= 11 is 0. The fourth-order valence-electron chi connectivity index (χ4n) is 0. The normalized spacial score (nSPS) is 8.75. The summed E-state index contributed by atoms with van der Waals surface area (Å²) in [5, 5.41) is 0. The van der Waals surface area contributed by atoms with Crippen molar-refractivity contribution in [2.45, 2.75) is 0 Å². The Kier molecular flexibility index (Phi) is 2.36. The van der Waals surface area contributed by atoms with Crippen LogP contribution in [0, 0.1) is 0 Å². The molecule has 0 fully saturated rings. The first-order chi connectivity index (χ1) is 1.73. The first kappa shape index (κ1) is 4.73. The van der Waals surface area contributed by atoms with E-state index in [4.69, 9.17) is 4.78 Å². The molecule has 0 aliphatic rings. The van der Waals surface area contributed by atoms with Crippen molar-refractivity contribution < 1.29 is 0 Å². The van der Waals surface area contributed by atoms with E-state index >= 15 is 0 Å². The second-order valence-electron chi connectivity index (χ2n) is 0.196. The largest absolute Gasteiger partial charge is 0.753 e. The summed E-state index contributed by atoms with van der Waals surface area (Å²) in [6, 6.07) is 0. The highest BCUT2D eigenvalue weighted by Crippen LogP contribution is 1.92. The van der Waals surface area contributed by atoms with Gasteiger partial charge in [0.2, 0.25) is 0 Å². The van der Waals surface area contributed by atoms with Crippen LogP contribution in [0.1, 0.15) is 0 Å². The highest BCUT2D eigenvalue weighted by atomic mass is 36.0. The first-order valence-corrected chi connectivity index (χ1v) is 3.33. The molecule has 0 unspecified atom stereocenters. The van der Waals surface area contributed by atoms with E-state index < -0.39 is 9.12 Å². The van der Waals surface area contributed by atoms with Crippen molar-refractivity contribution in [3.8, 4) is 0 Å². The van der Waals surface area contributed by atoms with Crippen LogP contribution in [0.5, 0.6) is 0 Å². The Morgan fingerprint density at radius 3 is 1.50 bits per heavy atom. The van der Waals surface area contributed by atoms with Crippen molar-refractivity contribution in [1.29, 1.82) is 0 Å². The van der Waals surface area contributed by atoms with Gasteiger partial charge in [-0.25, -0.2) is 0 Å². The van der Waals surface area contributed by atoms with Crippen molar-refractivity contribution in [2.75, 3.05) is 0 Å². The maximum atomic E-state index is 7.61. The van der Waals surface area contributed by atoms with Gasteiger partial charge >= 0.3 is 0 Å². The second kappa shape index (κ2) is 2.00. The summed E-state index contributed by atoms with van der Waals surface area (Å²) in [6.07, 6.45) is 0. The van der Waals surface area contributed by atoms with Gasteiger partial charge in [0.15, 0.2) is 0 Å². The minimum atomic E-state index is -1.42. The molecule has 1 nitrogen and oxygen atoms in total. The van der Waals surface area contributed by atoms with E-state index in [1.165, 1.54) is 0 Å². The molecule has 0 saturated heterocycles. The van der Waals surface area contributed by atoms with Crippen LogP contribution in [0.2, 0.25) is 0 Å². The highest BCUT2D eigenvalue weighted by Gasteiger charge is 1.44. The molecule has 0 rings (SSSR count). The van der Waals surface area contributed by atoms with Crippen LogP contribution in [0.15, 0.2) is 0 Å². The van der Waals surface area contributed by atoms with E-state index in [0.29, 0.717) is 0 Å². The van der Waals surface area contributed by atoms with Crippen LogP contribution in [-0.2, 0) is 9.12 Å². The van der Waals surface area contributed by atoms with E-state index in [1.807, 2.05) is 0 Å². The van der Waals surface area contributed by atoms with Gasteiger partial charge in [-0.15, -0.1) is 9.12 Å². The summed E-state index contributed by atoms with van der Waals surface area (Å²) < 4.78 is 7.61. The lowest BCUT2D eigenvalue weighted by Crippen LogP contribution is -1.31. The quantitative estimate of drug-likeness (QED) is 0.460. The summed E-state index contributed by atoms with van der Waals surface area (Å²) in [5.74, 6) is 0. The molecule has 0 saturated carbocycles. The van der Waals surface area contributed by atoms with E-state index in [0.717, 1.165) is 0 Å². The van der Waals surface area contributed by atoms with Crippen molar-refractivity contribution in [2.24, 2.45) is 0 Å². The Labute approximate surface area is 35.8 Å². The fraction of sp³-hybridized carbons (Fsp3) is 0. The average molecular weight is 117 g/mol. The molecular formula is Cl2NS-. The molecule has 0 aliphatic heterocycles. The lowest BCUT2D eigenvalue weighted by atomic mass is 14.0. The zero-order valence-electron chi connectivity index (χ0n) is 1.61. The fourth-order valence-corrected chi connectivity index (χ4v) is 0. The predicted octanol–water partition coefficient (Wildman–Crippen LogP) is 1.67. The van der Waals surface area contributed by atoms with E-state index in [2.05, 4.69) is 21.4 Å². The average Bonchev–Trinajstić information content (AvgIpc) is 0.811. The molecule has 0 aromatic carbocycles. The van der Waals surface area contributed by atoms with Crippen LogP contribution in [0.4, 0.5) is 0 Å². The van der Waals surface area contributed by atoms with Gasteiger partial charge in [-0.3, -0.25) is 0 Å². The highest BCUT2D eigenvalue weighted by molar-refractivity contribution is 8.29. The molecule has 0 bridgehead atoms. The third-order valence-electron chi connectivity index (χ3n) is 0. The Morgan fingerprint density at radius 1 is 1.50 bits per heavy atom. The first-order valence-electron chi connectivity index (χ1n) is 0.491. The maximum absolute atomic E-state index is 7.61. The van der Waals surface area contributed by atoms with Gasteiger partial charge in [0.05, 0.1) is 0 Å². The molecule has 0 atom stereocenters. The molecule has 26 valence electrons.